The van der Waals surface area contributed by atoms with Gasteiger partial charge in [-0.25, -0.2) is 13.9 Å². The summed E-state index contributed by atoms with van der Waals surface area (Å²) in [6, 6.07) is 11.6. The zero-order valence-corrected chi connectivity index (χ0v) is 8.21. The van der Waals surface area contributed by atoms with Gasteiger partial charge in [-0.15, -0.1) is 0 Å². The summed E-state index contributed by atoms with van der Waals surface area (Å²) < 4.78 is 2.97. The second-order valence-electron chi connectivity index (χ2n) is 3.49. The molecule has 0 N–H and O–H groups in total. The Bertz CT molecular complexity index is 708. The van der Waals surface area contributed by atoms with Crippen molar-refractivity contribution in [2.45, 2.75) is 0 Å². The zero-order valence-electron chi connectivity index (χ0n) is 8.21. The number of fused-ring (bicyclic) bond motifs is 3. The molecule has 0 atom stereocenters. The van der Waals surface area contributed by atoms with Crippen LogP contribution in [-0.2, 0) is 7.05 Å². The van der Waals surface area contributed by atoms with Crippen molar-refractivity contribution in [1.29, 1.82) is 0 Å². The third kappa shape index (κ3) is 1.01. The van der Waals surface area contributed by atoms with Crippen molar-refractivity contribution in [2.24, 2.45) is 7.05 Å². The van der Waals surface area contributed by atoms with Gasteiger partial charge in [-0.1, -0.05) is 18.2 Å². The fourth-order valence-corrected chi connectivity index (χ4v) is 1.81. The molecule has 74 valence electrons. The van der Waals surface area contributed by atoms with Gasteiger partial charge in [-0.05, 0) is 23.6 Å². The van der Waals surface area contributed by atoms with Crippen LogP contribution < -0.4 is 5.69 Å². The number of pyridine rings is 1. The van der Waals surface area contributed by atoms with Gasteiger partial charge in [-0.3, -0.25) is 0 Å². The van der Waals surface area contributed by atoms with Crippen molar-refractivity contribution in [1.82, 2.24) is 14.2 Å². The number of nitrogens with zero attached hydrogens (tertiary/aromatic N) is 3. The normalized spacial score (nSPS) is 11.3. The van der Waals surface area contributed by atoms with Crippen molar-refractivity contribution >= 4 is 16.6 Å². The van der Waals surface area contributed by atoms with E-state index in [4.69, 9.17) is 0 Å². The number of hydrogen-bond acceptors (Lipinski definition) is 2. The summed E-state index contributed by atoms with van der Waals surface area (Å²) in [7, 11) is 1.66. The van der Waals surface area contributed by atoms with Gasteiger partial charge in [0.25, 0.3) is 0 Å². The van der Waals surface area contributed by atoms with E-state index in [2.05, 4.69) is 5.10 Å². The molecule has 4 heteroatoms. The standard InChI is InChI=1S/C11H9N3O/c1-13-11(15)14-9-5-3-2-4-8(9)6-7-10(14)12-13/h2-7H,1H3. The molecular formula is C11H9N3O. The molecule has 0 aliphatic carbocycles. The van der Waals surface area contributed by atoms with Gasteiger partial charge in [0.05, 0.1) is 5.52 Å². The fourth-order valence-electron chi connectivity index (χ4n) is 1.81. The van der Waals surface area contributed by atoms with Gasteiger partial charge in [0.15, 0.2) is 5.65 Å². The Kier molecular flexibility index (Phi) is 1.48. The molecule has 0 bridgehead atoms. The largest absolute Gasteiger partial charge is 0.350 e. The lowest BCUT2D eigenvalue weighted by Gasteiger charge is -1.98. The topological polar surface area (TPSA) is 39.3 Å². The van der Waals surface area contributed by atoms with Crippen LogP contribution in [0.15, 0.2) is 41.2 Å². The van der Waals surface area contributed by atoms with E-state index < -0.39 is 0 Å². The van der Waals surface area contributed by atoms with Crippen molar-refractivity contribution in [3.05, 3.63) is 46.9 Å². The molecule has 3 rings (SSSR count). The third-order valence-electron chi connectivity index (χ3n) is 2.54. The molecule has 0 spiro atoms. The van der Waals surface area contributed by atoms with Crippen molar-refractivity contribution in [3.63, 3.8) is 0 Å². The third-order valence-corrected chi connectivity index (χ3v) is 2.54. The van der Waals surface area contributed by atoms with Gasteiger partial charge in [0.1, 0.15) is 0 Å². The molecule has 0 amide bonds. The number of hydrogen-bond donors (Lipinski definition) is 0. The molecule has 0 aliphatic rings. The molecule has 1 aromatic carbocycles. The van der Waals surface area contributed by atoms with Gasteiger partial charge >= 0.3 is 5.69 Å². The van der Waals surface area contributed by atoms with E-state index >= 15 is 0 Å². The Hall–Kier alpha value is -2.10. The van der Waals surface area contributed by atoms with Gasteiger partial charge < -0.3 is 0 Å². The summed E-state index contributed by atoms with van der Waals surface area (Å²) >= 11 is 0. The van der Waals surface area contributed by atoms with Crippen LogP contribution in [0.4, 0.5) is 0 Å². The van der Waals surface area contributed by atoms with Crippen LogP contribution in [0.1, 0.15) is 0 Å². The number of benzene rings is 1. The molecule has 15 heavy (non-hydrogen) atoms. The monoisotopic (exact) mass is 199 g/mol. The molecule has 0 saturated carbocycles. The average Bonchev–Trinajstić information content (AvgIpc) is 2.55. The van der Waals surface area contributed by atoms with Crippen LogP contribution in [0.25, 0.3) is 16.6 Å². The van der Waals surface area contributed by atoms with E-state index in [1.807, 2.05) is 36.4 Å². The quantitative estimate of drug-likeness (QED) is 0.545. The Morgan fingerprint density at radius 2 is 1.93 bits per heavy atom. The second kappa shape index (κ2) is 2.70. The molecule has 4 nitrogen and oxygen atoms in total. The number of rotatable bonds is 0. The van der Waals surface area contributed by atoms with Gasteiger partial charge in [-0.2, -0.15) is 5.10 Å². The van der Waals surface area contributed by atoms with Crippen LogP contribution in [-0.4, -0.2) is 14.2 Å². The lowest BCUT2D eigenvalue weighted by atomic mass is 10.2. The van der Waals surface area contributed by atoms with Crippen LogP contribution in [0.2, 0.25) is 0 Å². The summed E-state index contributed by atoms with van der Waals surface area (Å²) in [5, 5.41) is 5.17. The van der Waals surface area contributed by atoms with Crippen molar-refractivity contribution in [3.8, 4) is 0 Å². The van der Waals surface area contributed by atoms with Crippen molar-refractivity contribution in [2.75, 3.05) is 0 Å². The zero-order chi connectivity index (χ0) is 10.4. The molecule has 3 aromatic rings. The molecule has 0 fully saturated rings. The van der Waals surface area contributed by atoms with Crippen LogP contribution in [0, 0.1) is 0 Å². The van der Waals surface area contributed by atoms with E-state index in [-0.39, 0.29) is 5.69 Å². The molecule has 0 radical (unpaired) electrons. The molecule has 0 aliphatic heterocycles. The highest BCUT2D eigenvalue weighted by molar-refractivity contribution is 5.81. The van der Waals surface area contributed by atoms with E-state index in [9.17, 15) is 4.79 Å². The number of aryl methyl sites for hydroxylation is 1. The van der Waals surface area contributed by atoms with Crippen LogP contribution in [0.5, 0.6) is 0 Å². The maximum absolute atomic E-state index is 11.8. The minimum absolute atomic E-state index is 0.109. The Labute approximate surface area is 85.4 Å². The van der Waals surface area contributed by atoms with E-state index in [1.165, 1.54) is 4.68 Å². The lowest BCUT2D eigenvalue weighted by molar-refractivity contribution is 0.735. The maximum atomic E-state index is 11.8. The molecule has 0 unspecified atom stereocenters. The molecule has 2 aromatic heterocycles. The predicted octanol–water partition coefficient (Wildman–Crippen LogP) is 1.19. The molecular weight excluding hydrogens is 190 g/mol. The summed E-state index contributed by atoms with van der Waals surface area (Å²) in [6.07, 6.45) is 0. The van der Waals surface area contributed by atoms with E-state index in [0.717, 1.165) is 10.9 Å². The lowest BCUT2D eigenvalue weighted by Crippen LogP contribution is -2.17. The van der Waals surface area contributed by atoms with Crippen LogP contribution in [0.3, 0.4) is 0 Å². The summed E-state index contributed by atoms with van der Waals surface area (Å²) in [5.74, 6) is 0. The highest BCUT2D eigenvalue weighted by Crippen LogP contribution is 2.13. The summed E-state index contributed by atoms with van der Waals surface area (Å²) in [4.78, 5) is 11.8. The van der Waals surface area contributed by atoms with Gasteiger partial charge in [0.2, 0.25) is 0 Å². The highest BCUT2D eigenvalue weighted by Gasteiger charge is 2.05. The predicted molar refractivity (Wildman–Crippen MR) is 57.9 cm³/mol. The first-order chi connectivity index (χ1) is 7.27. The number of para-hydroxylation sites is 1. The fraction of sp³-hybridized carbons (Fsp3) is 0.0909. The van der Waals surface area contributed by atoms with Crippen LogP contribution >= 0.6 is 0 Å². The minimum Gasteiger partial charge on any atom is -0.246 e. The first kappa shape index (κ1) is 8.23. The highest BCUT2D eigenvalue weighted by atomic mass is 16.2. The van der Waals surface area contributed by atoms with Gasteiger partial charge in [0, 0.05) is 7.05 Å². The van der Waals surface area contributed by atoms with E-state index in [1.54, 1.807) is 11.4 Å². The molecule has 2 heterocycles. The smallest absolute Gasteiger partial charge is 0.246 e. The molecule has 0 saturated heterocycles. The Morgan fingerprint density at radius 1 is 1.13 bits per heavy atom. The summed E-state index contributed by atoms with van der Waals surface area (Å²) in [5.41, 5.74) is 1.47. The second-order valence-corrected chi connectivity index (χ2v) is 3.49. The SMILES string of the molecule is Cn1nc2ccc3ccccc3n2c1=O. The van der Waals surface area contributed by atoms with E-state index in [0.29, 0.717) is 5.65 Å². The minimum atomic E-state index is -0.109. The van der Waals surface area contributed by atoms with Crippen molar-refractivity contribution < 1.29 is 0 Å². The summed E-state index contributed by atoms with van der Waals surface area (Å²) in [6.45, 7) is 0. The Balaban J connectivity index is 2.70. The Morgan fingerprint density at radius 3 is 2.80 bits per heavy atom. The average molecular weight is 199 g/mol. The first-order valence-corrected chi connectivity index (χ1v) is 4.71. The first-order valence-electron chi connectivity index (χ1n) is 4.71. The number of aromatic nitrogens is 3. The maximum Gasteiger partial charge on any atom is 0.350 e.